The number of amides is 2. The molecule has 6 nitrogen and oxygen atoms in total. The maximum Gasteiger partial charge on any atom is 0.244 e. The van der Waals surface area contributed by atoms with Crippen LogP contribution in [-0.4, -0.2) is 44.0 Å². The number of nitrogens with zero attached hydrogens (tertiary/aromatic N) is 1. The molecule has 150 valence electrons. The van der Waals surface area contributed by atoms with Gasteiger partial charge in [-0.25, -0.2) is 8.78 Å². The number of anilines is 1. The van der Waals surface area contributed by atoms with Gasteiger partial charge in [0.25, 0.3) is 0 Å². The molecule has 0 aliphatic rings. The first-order valence-electron chi connectivity index (χ1n) is 8.55. The minimum absolute atomic E-state index is 0.144. The lowest BCUT2D eigenvalue weighted by atomic mass is 10.1. The summed E-state index contributed by atoms with van der Waals surface area (Å²) in [5, 5.41) is 2.34. The minimum Gasteiger partial charge on any atom is -0.493 e. The second-order valence-electron chi connectivity index (χ2n) is 6.05. The number of benzene rings is 2. The van der Waals surface area contributed by atoms with E-state index in [1.54, 1.807) is 12.1 Å². The van der Waals surface area contributed by atoms with Gasteiger partial charge < -0.3 is 19.7 Å². The maximum atomic E-state index is 13.7. The lowest BCUT2D eigenvalue weighted by Gasteiger charge is -2.21. The van der Waals surface area contributed by atoms with E-state index in [9.17, 15) is 18.4 Å². The van der Waals surface area contributed by atoms with Crippen LogP contribution < -0.4 is 14.8 Å². The summed E-state index contributed by atoms with van der Waals surface area (Å²) in [6.45, 7) is 1.38. The number of halogens is 2. The predicted molar refractivity (Wildman–Crippen MR) is 100 cm³/mol. The molecule has 2 aromatic carbocycles. The van der Waals surface area contributed by atoms with E-state index in [0.717, 1.165) is 17.7 Å². The summed E-state index contributed by atoms with van der Waals surface area (Å²) >= 11 is 0. The van der Waals surface area contributed by atoms with Crippen molar-refractivity contribution in [3.63, 3.8) is 0 Å². The van der Waals surface area contributed by atoms with Gasteiger partial charge in [0.05, 0.1) is 26.5 Å². The molecule has 1 N–H and O–H groups in total. The second kappa shape index (κ2) is 9.68. The lowest BCUT2D eigenvalue weighted by Crippen LogP contribution is -2.38. The van der Waals surface area contributed by atoms with Crippen molar-refractivity contribution in [1.82, 2.24) is 4.90 Å². The van der Waals surface area contributed by atoms with Gasteiger partial charge in [-0.2, -0.15) is 0 Å². The molecule has 0 saturated heterocycles. The van der Waals surface area contributed by atoms with Gasteiger partial charge in [0, 0.05) is 19.5 Å². The molecule has 0 unspecified atom stereocenters. The van der Waals surface area contributed by atoms with Crippen LogP contribution in [0.25, 0.3) is 0 Å². The van der Waals surface area contributed by atoms with Crippen molar-refractivity contribution in [2.45, 2.75) is 13.3 Å². The highest BCUT2D eigenvalue weighted by Gasteiger charge is 2.16. The van der Waals surface area contributed by atoms with Gasteiger partial charge in [-0.15, -0.1) is 0 Å². The number of carbonyl (C=O) groups is 2. The molecule has 0 aromatic heterocycles. The molecule has 8 heteroatoms. The van der Waals surface area contributed by atoms with E-state index in [4.69, 9.17) is 9.47 Å². The van der Waals surface area contributed by atoms with Gasteiger partial charge in [0.15, 0.2) is 11.5 Å². The van der Waals surface area contributed by atoms with Gasteiger partial charge in [-0.05, 0) is 36.2 Å². The van der Waals surface area contributed by atoms with Crippen molar-refractivity contribution in [2.75, 3.05) is 32.6 Å². The van der Waals surface area contributed by atoms with E-state index in [0.29, 0.717) is 24.0 Å². The molecule has 2 rings (SSSR count). The van der Waals surface area contributed by atoms with Crippen LogP contribution >= 0.6 is 0 Å². The van der Waals surface area contributed by atoms with Crippen molar-refractivity contribution in [3.05, 3.63) is 53.6 Å². The topological polar surface area (TPSA) is 67.9 Å². The van der Waals surface area contributed by atoms with Crippen LogP contribution in [0.1, 0.15) is 12.5 Å². The third kappa shape index (κ3) is 5.67. The fraction of sp³-hybridized carbons (Fsp3) is 0.300. The second-order valence-corrected chi connectivity index (χ2v) is 6.05. The Morgan fingerprint density at radius 2 is 1.75 bits per heavy atom. The predicted octanol–water partition coefficient (Wildman–Crippen LogP) is 3.01. The van der Waals surface area contributed by atoms with Crippen LogP contribution in [0.4, 0.5) is 14.5 Å². The quantitative estimate of drug-likeness (QED) is 0.750. The van der Waals surface area contributed by atoms with Crippen LogP contribution in [0.2, 0.25) is 0 Å². The van der Waals surface area contributed by atoms with Gasteiger partial charge in [-0.3, -0.25) is 9.59 Å². The number of hydrogen-bond donors (Lipinski definition) is 1. The van der Waals surface area contributed by atoms with E-state index in [2.05, 4.69) is 5.32 Å². The Balaban J connectivity index is 1.99. The van der Waals surface area contributed by atoms with E-state index in [1.165, 1.54) is 26.0 Å². The summed E-state index contributed by atoms with van der Waals surface area (Å²) in [6, 6.07) is 8.24. The molecule has 0 atom stereocenters. The molecule has 0 aliphatic heterocycles. The molecular weight excluding hydrogens is 370 g/mol. The van der Waals surface area contributed by atoms with Crippen LogP contribution in [0, 0.1) is 11.6 Å². The Kier molecular flexibility index (Phi) is 7.31. The van der Waals surface area contributed by atoms with Crippen molar-refractivity contribution in [2.24, 2.45) is 0 Å². The lowest BCUT2D eigenvalue weighted by molar-refractivity contribution is -0.132. The Morgan fingerprint density at radius 1 is 1.04 bits per heavy atom. The summed E-state index contributed by atoms with van der Waals surface area (Å²) < 4.78 is 37.0. The zero-order valence-electron chi connectivity index (χ0n) is 15.9. The highest BCUT2D eigenvalue weighted by molar-refractivity contribution is 5.94. The van der Waals surface area contributed by atoms with Crippen molar-refractivity contribution in [3.8, 4) is 11.5 Å². The van der Waals surface area contributed by atoms with Gasteiger partial charge in [0.1, 0.15) is 11.6 Å². The highest BCUT2D eigenvalue weighted by atomic mass is 19.1. The summed E-state index contributed by atoms with van der Waals surface area (Å²) in [7, 11) is 3.07. The molecule has 0 radical (unpaired) electrons. The van der Waals surface area contributed by atoms with Gasteiger partial charge >= 0.3 is 0 Å². The summed E-state index contributed by atoms with van der Waals surface area (Å²) in [4.78, 5) is 25.4. The number of rotatable bonds is 8. The van der Waals surface area contributed by atoms with Crippen molar-refractivity contribution < 1.29 is 27.8 Å². The van der Waals surface area contributed by atoms with Crippen molar-refractivity contribution in [1.29, 1.82) is 0 Å². The smallest absolute Gasteiger partial charge is 0.244 e. The number of nitrogens with one attached hydrogen (secondary N) is 1. The van der Waals surface area contributed by atoms with E-state index in [-0.39, 0.29) is 24.7 Å². The molecule has 0 fully saturated rings. The number of hydrogen-bond acceptors (Lipinski definition) is 4. The van der Waals surface area contributed by atoms with Gasteiger partial charge in [0.2, 0.25) is 11.8 Å². The molecule has 2 amide bonds. The monoisotopic (exact) mass is 392 g/mol. The number of carbonyl (C=O) groups excluding carboxylic acids is 2. The molecule has 0 aliphatic carbocycles. The fourth-order valence-corrected chi connectivity index (χ4v) is 2.60. The third-order valence-electron chi connectivity index (χ3n) is 4.10. The number of ether oxygens (including phenoxy) is 2. The third-order valence-corrected chi connectivity index (χ3v) is 4.10. The molecule has 0 spiro atoms. The standard InChI is InChI=1S/C20H22F2N2O4/c1-13(25)24(9-8-14-4-7-18(27-2)19(10-14)28-3)12-20(26)23-17-6-5-15(21)11-16(17)22/h4-7,10-11H,8-9,12H2,1-3H3,(H,23,26). The fourth-order valence-electron chi connectivity index (χ4n) is 2.60. The summed E-state index contributed by atoms with van der Waals surface area (Å²) in [5.41, 5.74) is 0.753. The summed E-state index contributed by atoms with van der Waals surface area (Å²) in [6.07, 6.45) is 0.484. The van der Waals surface area contributed by atoms with E-state index < -0.39 is 17.5 Å². The molecular formula is C20H22F2N2O4. The Hall–Kier alpha value is -3.16. The van der Waals surface area contributed by atoms with Crippen molar-refractivity contribution >= 4 is 17.5 Å². The SMILES string of the molecule is COc1ccc(CCN(CC(=O)Nc2ccc(F)cc2F)C(C)=O)cc1OC. The molecule has 2 aromatic rings. The average molecular weight is 392 g/mol. The van der Waals surface area contributed by atoms with E-state index in [1.807, 2.05) is 6.07 Å². The summed E-state index contributed by atoms with van der Waals surface area (Å²) in [5.74, 6) is -1.33. The average Bonchev–Trinajstić information content (AvgIpc) is 2.66. The molecule has 28 heavy (non-hydrogen) atoms. The minimum atomic E-state index is -0.881. The maximum absolute atomic E-state index is 13.7. The largest absolute Gasteiger partial charge is 0.493 e. The Labute approximate surface area is 162 Å². The highest BCUT2D eigenvalue weighted by Crippen LogP contribution is 2.27. The van der Waals surface area contributed by atoms with Gasteiger partial charge in [-0.1, -0.05) is 6.07 Å². The normalized spacial score (nSPS) is 10.3. The van der Waals surface area contributed by atoms with Crippen LogP contribution in [-0.2, 0) is 16.0 Å². The zero-order valence-corrected chi connectivity index (χ0v) is 15.9. The van der Waals surface area contributed by atoms with Crippen LogP contribution in [0.3, 0.4) is 0 Å². The first kappa shape index (κ1) is 21.1. The first-order valence-corrected chi connectivity index (χ1v) is 8.55. The van der Waals surface area contributed by atoms with Crippen LogP contribution in [0.15, 0.2) is 36.4 Å². The van der Waals surface area contributed by atoms with Crippen LogP contribution in [0.5, 0.6) is 11.5 Å². The Morgan fingerprint density at radius 3 is 2.36 bits per heavy atom. The zero-order chi connectivity index (χ0) is 20.7. The first-order chi connectivity index (χ1) is 13.3. The molecule has 0 bridgehead atoms. The van der Waals surface area contributed by atoms with E-state index >= 15 is 0 Å². The molecule has 0 heterocycles. The Bertz CT molecular complexity index is 858. The number of methoxy groups -OCH3 is 2. The molecule has 0 saturated carbocycles.